The summed E-state index contributed by atoms with van der Waals surface area (Å²) in [6.45, 7) is 0. The molecule has 1 aromatic carbocycles. The van der Waals surface area contributed by atoms with Gasteiger partial charge in [-0.25, -0.2) is 0 Å². The van der Waals surface area contributed by atoms with Crippen molar-refractivity contribution in [3.8, 4) is 0 Å². The van der Waals surface area contributed by atoms with Crippen molar-refractivity contribution in [1.29, 1.82) is 0 Å². The van der Waals surface area contributed by atoms with E-state index in [4.69, 9.17) is 0 Å². The van der Waals surface area contributed by atoms with Crippen LogP contribution >= 0.6 is 0 Å². The van der Waals surface area contributed by atoms with Gasteiger partial charge in [0.25, 0.3) is 0 Å². The van der Waals surface area contributed by atoms with Crippen LogP contribution in [0.3, 0.4) is 0 Å². The molecule has 0 heterocycles. The molecule has 1 aromatic rings. The van der Waals surface area contributed by atoms with Gasteiger partial charge in [-0.05, 0) is 37.8 Å². The first kappa shape index (κ1) is 16.0. The standard InChI is InChI=1S/C17H18F3NO2/c18-17(19,20)13-6-1-2-7-14(13)21-16(23)12-8-10-4-3-5-11(9-12)15(10)22/h1-2,6-7,10-12H,3-5,8-9H2,(H,21,23)/t10-,11-/m1/s1. The SMILES string of the molecule is O=C(Nc1ccccc1C(F)(F)F)C1C[C@H]2CCC[C@H](C1)C2=O. The lowest BCUT2D eigenvalue weighted by Gasteiger charge is -2.37. The van der Waals surface area contributed by atoms with Crippen molar-refractivity contribution in [2.24, 2.45) is 17.8 Å². The van der Waals surface area contributed by atoms with E-state index < -0.39 is 17.6 Å². The van der Waals surface area contributed by atoms with Gasteiger partial charge in [-0.15, -0.1) is 0 Å². The molecule has 2 aliphatic rings. The Labute approximate surface area is 132 Å². The number of carbonyl (C=O) groups excluding carboxylic acids is 2. The first-order valence-corrected chi connectivity index (χ1v) is 7.87. The number of amides is 1. The number of Topliss-reactive ketones (excluding diaryl/α,β-unsaturated/α-hetero) is 1. The van der Waals surface area contributed by atoms with Crippen LogP contribution < -0.4 is 5.32 Å². The zero-order chi connectivity index (χ0) is 16.6. The largest absolute Gasteiger partial charge is 0.418 e. The molecule has 1 amide bonds. The molecule has 0 saturated heterocycles. The maximum absolute atomic E-state index is 13.0. The van der Waals surface area contributed by atoms with Crippen molar-refractivity contribution < 1.29 is 22.8 Å². The smallest absolute Gasteiger partial charge is 0.325 e. The van der Waals surface area contributed by atoms with E-state index in [9.17, 15) is 22.8 Å². The number of ketones is 1. The van der Waals surface area contributed by atoms with Crippen molar-refractivity contribution in [3.63, 3.8) is 0 Å². The highest BCUT2D eigenvalue weighted by Crippen LogP contribution is 2.41. The van der Waals surface area contributed by atoms with Crippen LogP contribution in [-0.4, -0.2) is 11.7 Å². The predicted molar refractivity (Wildman–Crippen MR) is 78.6 cm³/mol. The summed E-state index contributed by atoms with van der Waals surface area (Å²) in [7, 11) is 0. The summed E-state index contributed by atoms with van der Waals surface area (Å²) in [5.41, 5.74) is -1.06. The summed E-state index contributed by atoms with van der Waals surface area (Å²) in [5.74, 6) is -0.765. The van der Waals surface area contributed by atoms with Crippen LogP contribution in [0.15, 0.2) is 24.3 Å². The second-order valence-electron chi connectivity index (χ2n) is 6.43. The number of hydrogen-bond acceptors (Lipinski definition) is 2. The molecular formula is C17H18F3NO2. The Bertz CT molecular complexity index is 611. The lowest BCUT2D eigenvalue weighted by molar-refractivity contribution is -0.137. The quantitative estimate of drug-likeness (QED) is 0.892. The van der Waals surface area contributed by atoms with E-state index in [-0.39, 0.29) is 29.2 Å². The topological polar surface area (TPSA) is 46.2 Å². The van der Waals surface area contributed by atoms with Gasteiger partial charge in [0, 0.05) is 17.8 Å². The third-order valence-electron chi connectivity index (χ3n) is 4.91. The Morgan fingerprint density at radius 1 is 1.09 bits per heavy atom. The van der Waals surface area contributed by atoms with Crippen molar-refractivity contribution in [1.82, 2.24) is 0 Å². The average molecular weight is 325 g/mol. The van der Waals surface area contributed by atoms with E-state index >= 15 is 0 Å². The number of nitrogens with one attached hydrogen (secondary N) is 1. The normalized spacial score (nSPS) is 27.6. The molecule has 2 bridgehead atoms. The molecule has 23 heavy (non-hydrogen) atoms. The average Bonchev–Trinajstić information content (AvgIpc) is 2.46. The Morgan fingerprint density at radius 3 is 2.30 bits per heavy atom. The number of para-hydroxylation sites is 1. The molecule has 2 atom stereocenters. The van der Waals surface area contributed by atoms with E-state index in [1.165, 1.54) is 18.2 Å². The van der Waals surface area contributed by atoms with Crippen LogP contribution in [-0.2, 0) is 15.8 Å². The zero-order valence-corrected chi connectivity index (χ0v) is 12.5. The summed E-state index contributed by atoms with van der Waals surface area (Å²) in [4.78, 5) is 24.4. The highest BCUT2D eigenvalue weighted by atomic mass is 19.4. The van der Waals surface area contributed by atoms with Gasteiger partial charge in [0.1, 0.15) is 5.78 Å². The lowest BCUT2D eigenvalue weighted by Crippen LogP contribution is -2.40. The first-order chi connectivity index (χ1) is 10.9. The maximum Gasteiger partial charge on any atom is 0.418 e. The van der Waals surface area contributed by atoms with Gasteiger partial charge in [0.15, 0.2) is 0 Å². The summed E-state index contributed by atoms with van der Waals surface area (Å²) in [5, 5.41) is 2.42. The number of hydrogen-bond donors (Lipinski definition) is 1. The Morgan fingerprint density at radius 2 is 1.70 bits per heavy atom. The lowest BCUT2D eigenvalue weighted by atomic mass is 9.67. The number of rotatable bonds is 2. The van der Waals surface area contributed by atoms with E-state index in [2.05, 4.69) is 5.32 Å². The number of anilines is 1. The highest BCUT2D eigenvalue weighted by molar-refractivity contribution is 5.95. The summed E-state index contributed by atoms with van der Waals surface area (Å²) < 4.78 is 39.0. The Kier molecular flexibility index (Phi) is 4.17. The Balaban J connectivity index is 1.74. The predicted octanol–water partition coefficient (Wildman–Crippen LogP) is 4.04. The number of benzene rings is 1. The van der Waals surface area contributed by atoms with Crippen LogP contribution in [0.1, 0.15) is 37.7 Å². The monoisotopic (exact) mass is 325 g/mol. The highest BCUT2D eigenvalue weighted by Gasteiger charge is 2.41. The molecule has 1 N–H and O–H groups in total. The van der Waals surface area contributed by atoms with E-state index in [0.717, 1.165) is 25.3 Å². The molecule has 0 radical (unpaired) electrons. The minimum Gasteiger partial charge on any atom is -0.325 e. The fourth-order valence-electron chi connectivity index (χ4n) is 3.77. The van der Waals surface area contributed by atoms with Crippen molar-refractivity contribution in [2.45, 2.75) is 38.3 Å². The van der Waals surface area contributed by atoms with Crippen LogP contribution in [0.5, 0.6) is 0 Å². The molecule has 3 rings (SSSR count). The van der Waals surface area contributed by atoms with E-state index in [1.807, 2.05) is 0 Å². The van der Waals surface area contributed by atoms with Crippen LogP contribution in [0.25, 0.3) is 0 Å². The molecule has 0 aliphatic heterocycles. The fraction of sp³-hybridized carbons (Fsp3) is 0.529. The van der Waals surface area contributed by atoms with Crippen LogP contribution in [0.4, 0.5) is 18.9 Å². The molecule has 0 unspecified atom stereocenters. The van der Waals surface area contributed by atoms with Gasteiger partial charge >= 0.3 is 6.18 Å². The fourth-order valence-corrected chi connectivity index (χ4v) is 3.77. The zero-order valence-electron chi connectivity index (χ0n) is 12.5. The molecule has 2 aliphatic carbocycles. The maximum atomic E-state index is 13.0. The molecule has 0 aromatic heterocycles. The van der Waals surface area contributed by atoms with Crippen molar-refractivity contribution >= 4 is 17.4 Å². The van der Waals surface area contributed by atoms with Gasteiger partial charge < -0.3 is 5.32 Å². The molecule has 2 fully saturated rings. The first-order valence-electron chi connectivity index (χ1n) is 7.87. The molecule has 0 spiro atoms. The second-order valence-corrected chi connectivity index (χ2v) is 6.43. The molecule has 124 valence electrons. The molecular weight excluding hydrogens is 307 g/mol. The molecule has 6 heteroatoms. The number of fused-ring (bicyclic) bond motifs is 2. The van der Waals surface area contributed by atoms with Crippen molar-refractivity contribution in [3.05, 3.63) is 29.8 Å². The number of halogens is 3. The van der Waals surface area contributed by atoms with E-state index in [1.54, 1.807) is 0 Å². The summed E-state index contributed by atoms with van der Waals surface area (Å²) in [6, 6.07) is 4.97. The number of alkyl halides is 3. The van der Waals surface area contributed by atoms with Crippen molar-refractivity contribution in [2.75, 3.05) is 5.32 Å². The summed E-state index contributed by atoms with van der Waals surface area (Å²) in [6.07, 6.45) is -1.03. The van der Waals surface area contributed by atoms with Gasteiger partial charge in [0.2, 0.25) is 5.91 Å². The molecule has 2 saturated carbocycles. The van der Waals surface area contributed by atoms with Gasteiger partial charge in [0.05, 0.1) is 11.3 Å². The molecule has 3 nitrogen and oxygen atoms in total. The van der Waals surface area contributed by atoms with Gasteiger partial charge in [-0.2, -0.15) is 13.2 Å². The number of carbonyl (C=O) groups is 2. The van der Waals surface area contributed by atoms with E-state index in [0.29, 0.717) is 12.8 Å². The third kappa shape index (κ3) is 3.26. The van der Waals surface area contributed by atoms with Gasteiger partial charge in [-0.3, -0.25) is 9.59 Å². The minimum absolute atomic E-state index is 0.101. The Hall–Kier alpha value is -1.85. The third-order valence-corrected chi connectivity index (χ3v) is 4.91. The van der Waals surface area contributed by atoms with Gasteiger partial charge in [-0.1, -0.05) is 18.6 Å². The summed E-state index contributed by atoms with van der Waals surface area (Å²) >= 11 is 0. The van der Waals surface area contributed by atoms with Crippen LogP contribution in [0.2, 0.25) is 0 Å². The second kappa shape index (κ2) is 5.98. The van der Waals surface area contributed by atoms with Crippen LogP contribution in [0, 0.1) is 17.8 Å². The minimum atomic E-state index is -4.51.